The fourth-order valence-corrected chi connectivity index (χ4v) is 4.71. The van der Waals surface area contributed by atoms with Gasteiger partial charge in [0, 0.05) is 11.1 Å². The lowest BCUT2D eigenvalue weighted by molar-refractivity contribution is 0.576. The first-order valence-corrected chi connectivity index (χ1v) is 10.8. The van der Waals surface area contributed by atoms with Crippen molar-refractivity contribution in [3.8, 4) is 11.1 Å². The zero-order valence-electron chi connectivity index (χ0n) is 14.7. The number of hydrogen-bond donors (Lipinski definition) is 1. The van der Waals surface area contributed by atoms with E-state index in [1.54, 1.807) is 12.1 Å². The highest BCUT2D eigenvalue weighted by molar-refractivity contribution is 7.89. The molecule has 0 unspecified atom stereocenters. The first-order valence-electron chi connectivity index (χ1n) is 8.93. The Morgan fingerprint density at radius 1 is 0.852 bits per heavy atom. The first-order chi connectivity index (χ1) is 13.0. The van der Waals surface area contributed by atoms with Crippen LogP contribution < -0.4 is 4.72 Å². The van der Waals surface area contributed by atoms with Crippen LogP contribution in [0.25, 0.3) is 11.1 Å². The van der Waals surface area contributed by atoms with Crippen molar-refractivity contribution in [3.05, 3.63) is 89.4 Å². The van der Waals surface area contributed by atoms with E-state index in [-0.39, 0.29) is 6.04 Å². The summed E-state index contributed by atoms with van der Waals surface area (Å²) < 4.78 is 28.1. The summed E-state index contributed by atoms with van der Waals surface area (Å²) in [6, 6.07) is 24.6. The van der Waals surface area contributed by atoms with Gasteiger partial charge in [-0.1, -0.05) is 66.2 Å². The summed E-state index contributed by atoms with van der Waals surface area (Å²) in [4.78, 5) is 0.297. The lowest BCUT2D eigenvalue weighted by Gasteiger charge is -2.08. The lowest BCUT2D eigenvalue weighted by Crippen LogP contribution is -2.27. The molecule has 3 aromatic rings. The molecular weight excluding hydrogens is 378 g/mol. The molecule has 5 heteroatoms. The monoisotopic (exact) mass is 397 g/mol. The van der Waals surface area contributed by atoms with Gasteiger partial charge in [-0.2, -0.15) is 0 Å². The average molecular weight is 398 g/mol. The fourth-order valence-electron chi connectivity index (χ4n) is 3.27. The number of nitrogens with one attached hydrogen (secondary N) is 1. The summed E-state index contributed by atoms with van der Waals surface area (Å²) in [6.45, 7) is 0. The van der Waals surface area contributed by atoms with Crippen LogP contribution in [0.3, 0.4) is 0 Å². The fraction of sp³-hybridized carbons (Fsp3) is 0.182. The molecule has 0 aliphatic heterocycles. The van der Waals surface area contributed by atoms with Gasteiger partial charge in [0.05, 0.1) is 4.90 Å². The van der Waals surface area contributed by atoms with Gasteiger partial charge < -0.3 is 0 Å². The van der Waals surface area contributed by atoms with Gasteiger partial charge in [0.15, 0.2) is 0 Å². The van der Waals surface area contributed by atoms with Crippen LogP contribution in [0.2, 0.25) is 5.02 Å². The summed E-state index contributed by atoms with van der Waals surface area (Å²) in [5, 5.41) is 0.677. The minimum Gasteiger partial charge on any atom is -0.208 e. The van der Waals surface area contributed by atoms with Crippen molar-refractivity contribution in [2.24, 2.45) is 5.92 Å². The van der Waals surface area contributed by atoms with E-state index in [4.69, 9.17) is 11.6 Å². The van der Waals surface area contributed by atoms with Crippen molar-refractivity contribution in [2.75, 3.05) is 0 Å². The number of halogens is 1. The van der Waals surface area contributed by atoms with E-state index in [2.05, 4.69) is 16.9 Å². The van der Waals surface area contributed by atoms with Crippen molar-refractivity contribution in [3.63, 3.8) is 0 Å². The van der Waals surface area contributed by atoms with E-state index in [1.807, 2.05) is 54.6 Å². The van der Waals surface area contributed by atoms with Gasteiger partial charge in [0.1, 0.15) is 0 Å². The third-order valence-electron chi connectivity index (χ3n) is 4.91. The zero-order chi connectivity index (χ0) is 18.9. The van der Waals surface area contributed by atoms with Gasteiger partial charge in [-0.05, 0) is 59.7 Å². The van der Waals surface area contributed by atoms with Crippen LogP contribution >= 0.6 is 11.6 Å². The molecule has 0 spiro atoms. The second kappa shape index (κ2) is 7.47. The Morgan fingerprint density at radius 3 is 2.07 bits per heavy atom. The molecule has 1 fully saturated rings. The largest absolute Gasteiger partial charge is 0.240 e. The van der Waals surface area contributed by atoms with Crippen LogP contribution in [0.1, 0.15) is 12.0 Å². The molecule has 3 nitrogen and oxygen atoms in total. The molecule has 1 aliphatic rings. The average Bonchev–Trinajstić information content (AvgIpc) is 3.39. The summed E-state index contributed by atoms with van der Waals surface area (Å²) in [5.74, 6) is 0.371. The van der Waals surface area contributed by atoms with E-state index < -0.39 is 10.0 Å². The maximum Gasteiger partial charge on any atom is 0.240 e. The van der Waals surface area contributed by atoms with Crippen molar-refractivity contribution < 1.29 is 8.42 Å². The zero-order valence-corrected chi connectivity index (χ0v) is 16.2. The Balaban J connectivity index is 1.41. The molecule has 1 aliphatic carbocycles. The minimum atomic E-state index is -3.50. The molecule has 0 bridgehead atoms. The molecule has 2 atom stereocenters. The highest BCUT2D eigenvalue weighted by Crippen LogP contribution is 2.35. The van der Waals surface area contributed by atoms with Crippen molar-refractivity contribution in [1.29, 1.82) is 0 Å². The first kappa shape index (κ1) is 18.2. The highest BCUT2D eigenvalue weighted by atomic mass is 35.5. The normalized spacial score (nSPS) is 19.0. The predicted octanol–water partition coefficient (Wildman–Crippen LogP) is 4.92. The van der Waals surface area contributed by atoms with E-state index in [0.717, 1.165) is 24.0 Å². The smallest absolute Gasteiger partial charge is 0.208 e. The highest BCUT2D eigenvalue weighted by Gasteiger charge is 2.39. The molecule has 3 aromatic carbocycles. The third-order valence-corrected chi connectivity index (χ3v) is 6.67. The van der Waals surface area contributed by atoms with Crippen LogP contribution in [0.15, 0.2) is 83.8 Å². The molecule has 138 valence electrons. The summed E-state index contributed by atoms with van der Waals surface area (Å²) in [6.07, 6.45) is 1.79. The van der Waals surface area contributed by atoms with E-state index in [0.29, 0.717) is 15.8 Å². The second-order valence-electron chi connectivity index (χ2n) is 6.94. The Hall–Kier alpha value is -2.14. The molecule has 0 aromatic heterocycles. The Labute approximate surface area is 165 Å². The molecule has 27 heavy (non-hydrogen) atoms. The van der Waals surface area contributed by atoms with Gasteiger partial charge in [-0.3, -0.25) is 0 Å². The molecule has 0 saturated heterocycles. The summed E-state index contributed by atoms with van der Waals surface area (Å²) in [7, 11) is -3.50. The molecular formula is C22H20ClNO2S. The van der Waals surface area contributed by atoms with Gasteiger partial charge in [-0.25, -0.2) is 13.1 Å². The summed E-state index contributed by atoms with van der Waals surface area (Å²) in [5.41, 5.74) is 3.21. The van der Waals surface area contributed by atoms with Gasteiger partial charge >= 0.3 is 0 Å². The van der Waals surface area contributed by atoms with Crippen molar-refractivity contribution in [1.82, 2.24) is 4.72 Å². The Kier molecular flexibility index (Phi) is 5.04. The maximum absolute atomic E-state index is 12.6. The van der Waals surface area contributed by atoms with Crippen LogP contribution in [-0.4, -0.2) is 14.5 Å². The van der Waals surface area contributed by atoms with Gasteiger partial charge in [0.2, 0.25) is 10.0 Å². The lowest BCUT2D eigenvalue weighted by atomic mass is 10.1. The molecule has 0 heterocycles. The molecule has 4 rings (SSSR count). The van der Waals surface area contributed by atoms with E-state index >= 15 is 0 Å². The topological polar surface area (TPSA) is 46.2 Å². The molecule has 0 amide bonds. The standard InChI is InChI=1S/C22H20ClNO2S/c23-20-10-6-17(7-11-20)18-8-12-21(13-9-18)27(25,26)24-22-15-19(22)14-16-4-2-1-3-5-16/h1-13,19,22,24H,14-15H2/t19-,22-/m0/s1. The number of rotatable bonds is 6. The second-order valence-corrected chi connectivity index (χ2v) is 9.09. The molecule has 1 N–H and O–H groups in total. The molecule has 0 radical (unpaired) electrons. The predicted molar refractivity (Wildman–Crippen MR) is 109 cm³/mol. The Bertz CT molecular complexity index is 1020. The van der Waals surface area contributed by atoms with E-state index in [1.165, 1.54) is 5.56 Å². The number of hydrogen-bond acceptors (Lipinski definition) is 2. The SMILES string of the molecule is O=S(=O)(N[C@H]1C[C@@H]1Cc1ccccc1)c1ccc(-c2ccc(Cl)cc2)cc1. The Morgan fingerprint density at radius 2 is 1.44 bits per heavy atom. The minimum absolute atomic E-state index is 0.0196. The van der Waals surface area contributed by atoms with Crippen LogP contribution in [-0.2, 0) is 16.4 Å². The van der Waals surface area contributed by atoms with Crippen molar-refractivity contribution in [2.45, 2.75) is 23.8 Å². The number of benzene rings is 3. The third kappa shape index (κ3) is 4.41. The van der Waals surface area contributed by atoms with Gasteiger partial charge in [-0.15, -0.1) is 0 Å². The van der Waals surface area contributed by atoms with Crippen LogP contribution in [0.5, 0.6) is 0 Å². The quantitative estimate of drug-likeness (QED) is 0.641. The van der Waals surface area contributed by atoms with Crippen LogP contribution in [0, 0.1) is 5.92 Å². The van der Waals surface area contributed by atoms with E-state index in [9.17, 15) is 8.42 Å². The number of sulfonamides is 1. The van der Waals surface area contributed by atoms with Gasteiger partial charge in [0.25, 0.3) is 0 Å². The van der Waals surface area contributed by atoms with Crippen LogP contribution in [0.4, 0.5) is 0 Å². The van der Waals surface area contributed by atoms with Crippen molar-refractivity contribution >= 4 is 21.6 Å². The maximum atomic E-state index is 12.6. The molecule has 1 saturated carbocycles. The summed E-state index contributed by atoms with van der Waals surface area (Å²) >= 11 is 5.91.